The molecular weight excluding hydrogens is 398 g/mol. The second-order valence-corrected chi connectivity index (χ2v) is 9.10. The van der Waals surface area contributed by atoms with Crippen molar-refractivity contribution in [1.29, 1.82) is 0 Å². The van der Waals surface area contributed by atoms with Gasteiger partial charge in [-0.3, -0.25) is 0 Å². The molecule has 1 aromatic carbocycles. The fourth-order valence-corrected chi connectivity index (χ4v) is 4.36. The Bertz CT molecular complexity index is 582. The lowest BCUT2D eigenvalue weighted by Gasteiger charge is -2.42. The number of aliphatic hydroxyl groups excluding tert-OH is 2. The first-order valence-corrected chi connectivity index (χ1v) is 13.2. The van der Waals surface area contributed by atoms with E-state index in [2.05, 4.69) is 19.1 Å². The maximum Gasteiger partial charge on any atom is 0.136 e. The zero-order chi connectivity index (χ0) is 23.3. The molecule has 0 radical (unpaired) electrons. The molecule has 0 fully saturated rings. The maximum atomic E-state index is 13.1. The molecule has 0 aliphatic rings. The van der Waals surface area contributed by atoms with E-state index in [1.165, 1.54) is 83.5 Å². The van der Waals surface area contributed by atoms with Crippen molar-refractivity contribution in [3.8, 4) is 0 Å². The number of unbranched alkanes of at least 4 members (excludes halogenated alkanes) is 12. The van der Waals surface area contributed by atoms with Crippen LogP contribution in [-0.4, -0.2) is 36.5 Å². The van der Waals surface area contributed by atoms with Gasteiger partial charge in [0.2, 0.25) is 0 Å². The molecule has 0 aliphatic carbocycles. The number of aliphatic hydroxyl groups is 2. The lowest BCUT2D eigenvalue weighted by molar-refractivity contribution is 0.199. The Labute approximate surface area is 197 Å². The van der Waals surface area contributed by atoms with Crippen LogP contribution in [0.5, 0.6) is 0 Å². The Morgan fingerprint density at radius 1 is 0.719 bits per heavy atom. The van der Waals surface area contributed by atoms with E-state index in [1.807, 2.05) is 24.3 Å². The fourth-order valence-electron chi connectivity index (χ4n) is 4.36. The van der Waals surface area contributed by atoms with Gasteiger partial charge in [0.25, 0.3) is 0 Å². The summed E-state index contributed by atoms with van der Waals surface area (Å²) in [7, 11) is 0. The molecule has 0 atom stereocenters. The van der Waals surface area contributed by atoms with Crippen molar-refractivity contribution in [3.63, 3.8) is 0 Å². The monoisotopic (exact) mass is 447 g/mol. The van der Waals surface area contributed by atoms with Gasteiger partial charge in [-0.2, -0.15) is 0 Å². The molecule has 4 nitrogen and oxygen atoms in total. The number of para-hydroxylation sites is 1. The predicted octanol–water partition coefficient (Wildman–Crippen LogP) is 7.06. The molecule has 0 saturated heterocycles. The van der Waals surface area contributed by atoms with Gasteiger partial charge in [0.1, 0.15) is 18.8 Å². The maximum absolute atomic E-state index is 13.1. The van der Waals surface area contributed by atoms with Crippen LogP contribution < -0.4 is 4.65 Å². The Morgan fingerprint density at radius 2 is 1.22 bits per heavy atom. The van der Waals surface area contributed by atoms with Crippen LogP contribution in [0.15, 0.2) is 36.4 Å². The molecule has 0 saturated carbocycles. The van der Waals surface area contributed by atoms with Gasteiger partial charge in [0.05, 0.1) is 13.2 Å². The minimum absolute atomic E-state index is 0.0883. The van der Waals surface area contributed by atoms with E-state index in [0.717, 1.165) is 18.4 Å². The summed E-state index contributed by atoms with van der Waals surface area (Å²) < 4.78 is -0.643. The van der Waals surface area contributed by atoms with Crippen LogP contribution >= 0.6 is 0 Å². The standard InChI is InChI=1S/C28H49NO3/c1-2-3-4-5-6-7-8-9-10-11-12-13-14-15-16-17-20-27-21-18-19-22-28(27)29(32,23-25-30)24-26-31/h9-10,18-19,21-22,30-31H,2-8,11-17,20,23-26H2,1H3. The van der Waals surface area contributed by atoms with Gasteiger partial charge < -0.3 is 20.1 Å². The lowest BCUT2D eigenvalue weighted by atomic mass is 10.0. The molecule has 0 unspecified atom stereocenters. The van der Waals surface area contributed by atoms with E-state index in [4.69, 9.17) is 0 Å². The molecule has 184 valence electrons. The highest BCUT2D eigenvalue weighted by atomic mass is 16.5. The number of rotatable bonds is 21. The molecule has 32 heavy (non-hydrogen) atoms. The first-order valence-electron chi connectivity index (χ1n) is 13.2. The van der Waals surface area contributed by atoms with Crippen LogP contribution in [0.25, 0.3) is 0 Å². The lowest BCUT2D eigenvalue weighted by Crippen LogP contribution is -2.48. The molecule has 0 bridgehead atoms. The average molecular weight is 448 g/mol. The summed E-state index contributed by atoms with van der Waals surface area (Å²) in [6, 6.07) is 7.72. The van der Waals surface area contributed by atoms with Gasteiger partial charge in [-0.05, 0) is 44.6 Å². The minimum atomic E-state index is -0.643. The van der Waals surface area contributed by atoms with E-state index in [0.29, 0.717) is 5.69 Å². The SMILES string of the molecule is CCCCCCCCC=CCCCCCCCCc1ccccc1[N+]([O-])(CCO)CCO. The van der Waals surface area contributed by atoms with Crippen LogP contribution in [0.2, 0.25) is 0 Å². The molecule has 0 spiro atoms. The highest BCUT2D eigenvalue weighted by Gasteiger charge is 2.22. The van der Waals surface area contributed by atoms with Gasteiger partial charge in [-0.15, -0.1) is 0 Å². The zero-order valence-electron chi connectivity index (χ0n) is 20.6. The summed E-state index contributed by atoms with van der Waals surface area (Å²) in [4.78, 5) is 0. The topological polar surface area (TPSA) is 63.5 Å². The zero-order valence-corrected chi connectivity index (χ0v) is 20.6. The smallest absolute Gasteiger partial charge is 0.136 e. The van der Waals surface area contributed by atoms with Gasteiger partial charge in [-0.25, -0.2) is 0 Å². The summed E-state index contributed by atoms with van der Waals surface area (Å²) in [6.07, 6.45) is 23.7. The molecule has 0 aliphatic heterocycles. The van der Waals surface area contributed by atoms with E-state index in [-0.39, 0.29) is 26.3 Å². The number of hydrogen-bond acceptors (Lipinski definition) is 3. The summed E-state index contributed by atoms with van der Waals surface area (Å²) in [6.45, 7) is 2.09. The number of nitrogens with zero attached hydrogens (tertiary/aromatic N) is 1. The third-order valence-electron chi connectivity index (χ3n) is 6.31. The van der Waals surface area contributed by atoms with Gasteiger partial charge in [-0.1, -0.05) is 95.1 Å². The first kappa shape index (κ1) is 28.8. The number of hydrogen-bond donors (Lipinski definition) is 2. The summed E-state index contributed by atoms with van der Waals surface area (Å²) in [5.41, 5.74) is 1.75. The molecule has 0 heterocycles. The van der Waals surface area contributed by atoms with Crippen LogP contribution in [0, 0.1) is 5.21 Å². The Balaban J connectivity index is 2.14. The third kappa shape index (κ3) is 12.7. The van der Waals surface area contributed by atoms with Gasteiger partial charge >= 0.3 is 0 Å². The molecular formula is C28H49NO3. The van der Waals surface area contributed by atoms with Crippen molar-refractivity contribution in [2.75, 3.05) is 26.3 Å². The van der Waals surface area contributed by atoms with Crippen LogP contribution in [-0.2, 0) is 6.42 Å². The van der Waals surface area contributed by atoms with E-state index in [1.54, 1.807) is 0 Å². The fraction of sp³-hybridized carbons (Fsp3) is 0.714. The number of allylic oxidation sites excluding steroid dienone is 2. The second kappa shape index (κ2) is 19.3. The molecule has 0 aromatic heterocycles. The highest BCUT2D eigenvalue weighted by molar-refractivity contribution is 5.51. The number of benzene rings is 1. The molecule has 2 N–H and O–H groups in total. The predicted molar refractivity (Wildman–Crippen MR) is 139 cm³/mol. The minimum Gasteiger partial charge on any atom is -0.627 e. The molecule has 1 aromatic rings. The quantitative estimate of drug-likeness (QED) is 0.0918. The van der Waals surface area contributed by atoms with Crippen LogP contribution in [0.4, 0.5) is 5.69 Å². The highest BCUT2D eigenvalue weighted by Crippen LogP contribution is 2.28. The number of quaternary nitrogens is 1. The van der Waals surface area contributed by atoms with Crippen molar-refractivity contribution < 1.29 is 10.2 Å². The summed E-state index contributed by atoms with van der Waals surface area (Å²) in [5, 5.41) is 31.7. The van der Waals surface area contributed by atoms with Crippen molar-refractivity contribution >= 4 is 5.69 Å². The molecule has 1 rings (SSSR count). The molecule has 4 heteroatoms. The Morgan fingerprint density at radius 3 is 1.78 bits per heavy atom. The Hall–Kier alpha value is -1.20. The van der Waals surface area contributed by atoms with E-state index in [9.17, 15) is 15.4 Å². The molecule has 0 amide bonds. The van der Waals surface area contributed by atoms with Gasteiger partial charge in [0, 0.05) is 5.56 Å². The number of aryl methyl sites for hydroxylation is 1. The van der Waals surface area contributed by atoms with E-state index < -0.39 is 4.65 Å². The van der Waals surface area contributed by atoms with Crippen molar-refractivity contribution in [2.45, 2.75) is 103 Å². The van der Waals surface area contributed by atoms with Crippen molar-refractivity contribution in [1.82, 2.24) is 4.65 Å². The second-order valence-electron chi connectivity index (χ2n) is 9.10. The van der Waals surface area contributed by atoms with Gasteiger partial charge in [0.15, 0.2) is 0 Å². The normalized spacial score (nSPS) is 12.1. The van der Waals surface area contributed by atoms with Crippen molar-refractivity contribution in [3.05, 3.63) is 47.2 Å². The van der Waals surface area contributed by atoms with Crippen LogP contribution in [0.1, 0.15) is 102 Å². The summed E-state index contributed by atoms with van der Waals surface area (Å²) in [5.74, 6) is 0. The van der Waals surface area contributed by atoms with Crippen molar-refractivity contribution in [2.24, 2.45) is 0 Å². The number of hydroxylamine groups is 2. The average Bonchev–Trinajstić information content (AvgIpc) is 2.79. The largest absolute Gasteiger partial charge is 0.627 e. The first-order chi connectivity index (χ1) is 15.7. The third-order valence-corrected chi connectivity index (χ3v) is 6.31. The summed E-state index contributed by atoms with van der Waals surface area (Å²) >= 11 is 0. The Kier molecular flexibility index (Phi) is 17.4. The van der Waals surface area contributed by atoms with Crippen LogP contribution in [0.3, 0.4) is 0 Å². The van der Waals surface area contributed by atoms with E-state index >= 15 is 0 Å².